The Morgan fingerprint density at radius 2 is 1.80 bits per heavy atom. The maximum Gasteiger partial charge on any atom is 0.355 e. The predicted octanol–water partition coefficient (Wildman–Crippen LogP) is 2.46. The molecule has 8 heteroatoms. The molecule has 30 heavy (non-hydrogen) atoms. The molecular formula is C22H23N5O3. The molecule has 0 saturated carbocycles. The minimum atomic E-state index is -0.618. The number of hydrazine groups is 1. The Kier molecular flexibility index (Phi) is 5.01. The number of anilines is 1. The number of fused-ring (bicyclic) bond motifs is 1. The summed E-state index contributed by atoms with van der Waals surface area (Å²) in [7, 11) is 5.56. The molecule has 0 fully saturated rings. The molecule has 1 atom stereocenters. The van der Waals surface area contributed by atoms with E-state index < -0.39 is 11.6 Å². The molecule has 8 nitrogen and oxygen atoms in total. The van der Waals surface area contributed by atoms with E-state index in [-0.39, 0.29) is 29.5 Å². The summed E-state index contributed by atoms with van der Waals surface area (Å²) in [5.41, 5.74) is 7.97. The maximum absolute atomic E-state index is 13.0. The summed E-state index contributed by atoms with van der Waals surface area (Å²) in [6.45, 7) is 0. The van der Waals surface area contributed by atoms with E-state index in [9.17, 15) is 14.7 Å². The van der Waals surface area contributed by atoms with Crippen molar-refractivity contribution in [2.45, 2.75) is 12.5 Å². The topological polar surface area (TPSA) is 99.0 Å². The fourth-order valence-electron chi connectivity index (χ4n) is 3.69. The van der Waals surface area contributed by atoms with Gasteiger partial charge in [-0.1, -0.05) is 24.3 Å². The SMILES string of the molecule is CN(C)c1ccc([C@H]2CC(c3c(O)c4ccccc4n(C)c3=O)=NC(=O)NN2)cc1. The monoisotopic (exact) mass is 405 g/mol. The van der Waals surface area contributed by atoms with Crippen LogP contribution >= 0.6 is 0 Å². The molecule has 2 heterocycles. The van der Waals surface area contributed by atoms with Crippen molar-refractivity contribution in [2.24, 2.45) is 12.0 Å². The summed E-state index contributed by atoms with van der Waals surface area (Å²) in [4.78, 5) is 31.3. The third-order valence-electron chi connectivity index (χ3n) is 5.36. The number of carbonyl (C=O) groups excluding carboxylic acids is 1. The Bertz CT molecular complexity index is 1210. The second-order valence-corrected chi connectivity index (χ2v) is 7.48. The van der Waals surface area contributed by atoms with Gasteiger partial charge in [0.25, 0.3) is 5.56 Å². The van der Waals surface area contributed by atoms with Gasteiger partial charge >= 0.3 is 6.03 Å². The van der Waals surface area contributed by atoms with E-state index in [2.05, 4.69) is 15.8 Å². The Morgan fingerprint density at radius 3 is 2.50 bits per heavy atom. The van der Waals surface area contributed by atoms with E-state index in [1.165, 1.54) is 4.57 Å². The lowest BCUT2D eigenvalue weighted by Crippen LogP contribution is -2.36. The molecule has 3 aromatic rings. The van der Waals surface area contributed by atoms with Crippen LogP contribution in [0.15, 0.2) is 58.3 Å². The van der Waals surface area contributed by atoms with Crippen LogP contribution in [0.4, 0.5) is 10.5 Å². The number of benzene rings is 2. The number of pyridine rings is 1. The largest absolute Gasteiger partial charge is 0.506 e. The number of aromatic hydroxyl groups is 1. The van der Waals surface area contributed by atoms with Gasteiger partial charge in [-0.25, -0.2) is 10.2 Å². The van der Waals surface area contributed by atoms with Gasteiger partial charge in [0.05, 0.1) is 17.3 Å². The third-order valence-corrected chi connectivity index (χ3v) is 5.36. The van der Waals surface area contributed by atoms with E-state index >= 15 is 0 Å². The Labute approximate surface area is 173 Å². The second kappa shape index (κ2) is 7.64. The minimum Gasteiger partial charge on any atom is -0.506 e. The van der Waals surface area contributed by atoms with Crippen LogP contribution in [0.3, 0.4) is 0 Å². The van der Waals surface area contributed by atoms with E-state index in [4.69, 9.17) is 0 Å². The zero-order valence-corrected chi connectivity index (χ0v) is 17.0. The average molecular weight is 405 g/mol. The van der Waals surface area contributed by atoms with Crippen LogP contribution in [0.25, 0.3) is 10.9 Å². The number of hydrogen-bond acceptors (Lipinski definition) is 5. The first-order valence-electron chi connectivity index (χ1n) is 9.58. The van der Waals surface area contributed by atoms with E-state index in [0.29, 0.717) is 10.9 Å². The summed E-state index contributed by atoms with van der Waals surface area (Å²) in [5, 5.41) is 11.4. The zero-order chi connectivity index (χ0) is 21.4. The van der Waals surface area contributed by atoms with Crippen molar-refractivity contribution in [3.8, 4) is 5.75 Å². The second-order valence-electron chi connectivity index (χ2n) is 7.48. The molecule has 154 valence electrons. The van der Waals surface area contributed by atoms with Crippen molar-refractivity contribution in [1.29, 1.82) is 0 Å². The molecular weight excluding hydrogens is 382 g/mol. The molecule has 3 N–H and O–H groups in total. The Hall–Kier alpha value is -3.65. The van der Waals surface area contributed by atoms with Crippen LogP contribution in [0.5, 0.6) is 5.75 Å². The fourth-order valence-corrected chi connectivity index (χ4v) is 3.69. The standard InChI is InChI=1S/C22H23N5O3/c1-26(2)14-10-8-13(9-11-14)16-12-17(23-22(30)25-24-16)19-20(28)15-6-4-5-7-18(15)27(3)21(19)29/h4-11,16,24,28H,12H2,1-3H3,(H,25,30)/t16-/m1/s1. The van der Waals surface area contributed by atoms with Crippen molar-refractivity contribution in [1.82, 2.24) is 15.4 Å². The zero-order valence-electron chi connectivity index (χ0n) is 17.0. The third kappa shape index (κ3) is 3.42. The quantitative estimate of drug-likeness (QED) is 0.622. The highest BCUT2D eigenvalue weighted by molar-refractivity contribution is 6.11. The number of nitrogens with zero attached hydrogens (tertiary/aromatic N) is 3. The fraction of sp³-hybridized carbons (Fsp3) is 0.227. The number of rotatable bonds is 3. The van der Waals surface area contributed by atoms with Crippen molar-refractivity contribution >= 4 is 28.3 Å². The first kappa shape index (κ1) is 19.7. The van der Waals surface area contributed by atoms with Gasteiger partial charge in [0.1, 0.15) is 11.3 Å². The average Bonchev–Trinajstić information content (AvgIpc) is 2.94. The number of urea groups is 1. The number of para-hydroxylation sites is 1. The van der Waals surface area contributed by atoms with Gasteiger partial charge in [0, 0.05) is 38.6 Å². The maximum atomic E-state index is 13.0. The van der Waals surface area contributed by atoms with Crippen LogP contribution in [0.2, 0.25) is 0 Å². The number of aliphatic imine (C=N–C) groups is 1. The van der Waals surface area contributed by atoms with Crippen LogP contribution in [-0.4, -0.2) is 35.5 Å². The summed E-state index contributed by atoms with van der Waals surface area (Å²) in [5.74, 6) is -0.163. The molecule has 0 aliphatic carbocycles. The van der Waals surface area contributed by atoms with Gasteiger partial charge in [-0.05, 0) is 29.8 Å². The Balaban J connectivity index is 1.80. The van der Waals surface area contributed by atoms with Gasteiger partial charge in [0.2, 0.25) is 0 Å². The molecule has 0 bridgehead atoms. The molecule has 4 rings (SSSR count). The van der Waals surface area contributed by atoms with Crippen molar-refractivity contribution in [2.75, 3.05) is 19.0 Å². The lowest BCUT2D eigenvalue weighted by atomic mass is 9.96. The summed E-state index contributed by atoms with van der Waals surface area (Å²) < 4.78 is 1.46. The molecule has 1 aliphatic rings. The molecule has 0 saturated heterocycles. The van der Waals surface area contributed by atoms with Gasteiger partial charge in [-0.3, -0.25) is 10.2 Å². The molecule has 1 aromatic heterocycles. The minimum absolute atomic E-state index is 0.0463. The molecule has 1 aliphatic heterocycles. The molecule has 0 radical (unpaired) electrons. The van der Waals surface area contributed by atoms with Crippen LogP contribution in [0.1, 0.15) is 23.6 Å². The van der Waals surface area contributed by atoms with Crippen LogP contribution in [0, 0.1) is 0 Å². The van der Waals surface area contributed by atoms with E-state index in [1.807, 2.05) is 43.3 Å². The van der Waals surface area contributed by atoms with E-state index in [1.54, 1.807) is 31.3 Å². The van der Waals surface area contributed by atoms with Crippen molar-refractivity contribution in [3.05, 3.63) is 70.0 Å². The van der Waals surface area contributed by atoms with Gasteiger partial charge in [-0.2, -0.15) is 4.99 Å². The smallest absolute Gasteiger partial charge is 0.355 e. The highest BCUT2D eigenvalue weighted by atomic mass is 16.3. The summed E-state index contributed by atoms with van der Waals surface area (Å²) in [6, 6.07) is 14.0. The number of nitrogens with one attached hydrogen (secondary N) is 2. The van der Waals surface area contributed by atoms with Gasteiger partial charge in [-0.15, -0.1) is 0 Å². The van der Waals surface area contributed by atoms with E-state index in [0.717, 1.165) is 11.3 Å². The lowest BCUT2D eigenvalue weighted by Gasteiger charge is -2.19. The number of aromatic nitrogens is 1. The summed E-state index contributed by atoms with van der Waals surface area (Å²) in [6.07, 6.45) is 0.251. The van der Waals surface area contributed by atoms with Crippen LogP contribution < -0.4 is 21.3 Å². The number of aryl methyl sites for hydroxylation is 1. The van der Waals surface area contributed by atoms with Gasteiger partial charge in [0.15, 0.2) is 0 Å². The van der Waals surface area contributed by atoms with Gasteiger partial charge < -0.3 is 14.6 Å². The normalized spacial score (nSPS) is 16.7. The number of amides is 2. The molecule has 2 amide bonds. The lowest BCUT2D eigenvalue weighted by molar-refractivity contribution is 0.244. The molecule has 0 spiro atoms. The molecule has 0 unspecified atom stereocenters. The van der Waals surface area contributed by atoms with Crippen molar-refractivity contribution in [3.63, 3.8) is 0 Å². The number of carbonyl (C=O) groups is 1. The Morgan fingerprint density at radius 1 is 1.10 bits per heavy atom. The van der Waals surface area contributed by atoms with Crippen LogP contribution in [-0.2, 0) is 7.05 Å². The molecule has 2 aromatic carbocycles. The highest BCUT2D eigenvalue weighted by Crippen LogP contribution is 2.30. The van der Waals surface area contributed by atoms with Crippen molar-refractivity contribution < 1.29 is 9.90 Å². The first-order valence-corrected chi connectivity index (χ1v) is 9.58. The predicted molar refractivity (Wildman–Crippen MR) is 117 cm³/mol. The first-order chi connectivity index (χ1) is 14.4. The highest BCUT2D eigenvalue weighted by Gasteiger charge is 2.26. The number of hydrogen-bond donors (Lipinski definition) is 3. The summed E-state index contributed by atoms with van der Waals surface area (Å²) >= 11 is 0.